The number of nitrogens with zero attached hydrogens (tertiary/aromatic N) is 3. The molecule has 0 bridgehead atoms. The molecule has 1 heterocycles. The molecule has 0 atom stereocenters. The molecule has 1 amide bonds. The van der Waals surface area contributed by atoms with Crippen LogP contribution in [0.3, 0.4) is 0 Å². The predicted molar refractivity (Wildman–Crippen MR) is 95.3 cm³/mol. The van der Waals surface area contributed by atoms with Gasteiger partial charge in [-0.15, -0.1) is 0 Å². The summed E-state index contributed by atoms with van der Waals surface area (Å²) in [5, 5.41) is 4.50. The zero-order valence-corrected chi connectivity index (χ0v) is 14.5. The molecule has 0 aliphatic rings. The van der Waals surface area contributed by atoms with Gasteiger partial charge in [0.15, 0.2) is 5.16 Å². The Kier molecular flexibility index (Phi) is 7.22. The molecular formula is C17H20N4O2S. The largest absolute Gasteiger partial charge is 0.493 e. The maximum absolute atomic E-state index is 11.7. The first-order valence-electron chi connectivity index (χ1n) is 7.58. The van der Waals surface area contributed by atoms with Crippen molar-refractivity contribution in [3.05, 3.63) is 48.3 Å². The zero-order valence-electron chi connectivity index (χ0n) is 13.7. The summed E-state index contributed by atoms with van der Waals surface area (Å²) in [5.74, 6) is 1.31. The molecule has 0 spiro atoms. The fourth-order valence-corrected chi connectivity index (χ4v) is 2.21. The lowest BCUT2D eigenvalue weighted by atomic mass is 10.2. The number of amides is 1. The fraction of sp³-hybridized carbons (Fsp3) is 0.294. The zero-order chi connectivity index (χ0) is 17.2. The highest BCUT2D eigenvalue weighted by molar-refractivity contribution is 7.99. The summed E-state index contributed by atoms with van der Waals surface area (Å²) in [5.41, 5.74) is 3.36. The highest BCUT2D eigenvalue weighted by atomic mass is 32.2. The van der Waals surface area contributed by atoms with Crippen LogP contribution in [0.2, 0.25) is 0 Å². The molecule has 0 saturated carbocycles. The molecule has 126 valence electrons. The van der Waals surface area contributed by atoms with Crippen LogP contribution in [0, 0.1) is 5.92 Å². The SMILES string of the molecule is CC(C)COc1ccc(/C=N\NC(=O)CSc2ncccn2)cc1. The van der Waals surface area contributed by atoms with Crippen LogP contribution in [0.15, 0.2) is 53.0 Å². The number of hydrogen-bond acceptors (Lipinski definition) is 6. The molecule has 2 rings (SSSR count). The average Bonchev–Trinajstić information content (AvgIpc) is 2.60. The van der Waals surface area contributed by atoms with E-state index in [0.717, 1.165) is 11.3 Å². The van der Waals surface area contributed by atoms with Gasteiger partial charge >= 0.3 is 0 Å². The van der Waals surface area contributed by atoms with E-state index in [9.17, 15) is 4.79 Å². The van der Waals surface area contributed by atoms with E-state index in [2.05, 4.69) is 34.3 Å². The second kappa shape index (κ2) is 9.67. The topological polar surface area (TPSA) is 76.5 Å². The van der Waals surface area contributed by atoms with Crippen LogP contribution in [0.5, 0.6) is 5.75 Å². The molecule has 2 aromatic rings. The van der Waals surface area contributed by atoms with E-state index < -0.39 is 0 Å². The molecule has 1 N–H and O–H groups in total. The van der Waals surface area contributed by atoms with Crippen molar-refractivity contribution in [2.24, 2.45) is 11.0 Å². The van der Waals surface area contributed by atoms with Crippen LogP contribution >= 0.6 is 11.8 Å². The van der Waals surface area contributed by atoms with E-state index >= 15 is 0 Å². The molecule has 0 unspecified atom stereocenters. The third-order valence-electron chi connectivity index (χ3n) is 2.74. The van der Waals surface area contributed by atoms with Gasteiger partial charge in [0.25, 0.3) is 5.91 Å². The monoisotopic (exact) mass is 344 g/mol. The minimum absolute atomic E-state index is 0.208. The van der Waals surface area contributed by atoms with Crippen molar-refractivity contribution in [1.82, 2.24) is 15.4 Å². The van der Waals surface area contributed by atoms with E-state index in [4.69, 9.17) is 4.74 Å². The molecule has 0 radical (unpaired) electrons. The molecule has 1 aromatic carbocycles. The number of thioether (sulfide) groups is 1. The van der Waals surface area contributed by atoms with Gasteiger partial charge in [-0.05, 0) is 41.8 Å². The molecular weight excluding hydrogens is 324 g/mol. The van der Waals surface area contributed by atoms with Crippen molar-refractivity contribution in [1.29, 1.82) is 0 Å². The Morgan fingerprint density at radius 2 is 2.00 bits per heavy atom. The maximum Gasteiger partial charge on any atom is 0.250 e. The third-order valence-corrected chi connectivity index (χ3v) is 3.62. The van der Waals surface area contributed by atoms with Gasteiger partial charge in [0, 0.05) is 12.4 Å². The van der Waals surface area contributed by atoms with Gasteiger partial charge in [0.1, 0.15) is 5.75 Å². The molecule has 0 saturated heterocycles. The molecule has 24 heavy (non-hydrogen) atoms. The summed E-state index contributed by atoms with van der Waals surface area (Å²) in [6, 6.07) is 9.27. The third kappa shape index (κ3) is 6.78. The summed E-state index contributed by atoms with van der Waals surface area (Å²) >= 11 is 1.26. The predicted octanol–water partition coefficient (Wildman–Crippen LogP) is 2.75. The minimum Gasteiger partial charge on any atom is -0.493 e. The number of carbonyl (C=O) groups excluding carboxylic acids is 1. The van der Waals surface area contributed by atoms with Crippen molar-refractivity contribution in [2.45, 2.75) is 19.0 Å². The lowest BCUT2D eigenvalue weighted by Gasteiger charge is -2.08. The lowest BCUT2D eigenvalue weighted by molar-refractivity contribution is -0.118. The summed E-state index contributed by atoms with van der Waals surface area (Å²) in [6.07, 6.45) is 4.87. The lowest BCUT2D eigenvalue weighted by Crippen LogP contribution is -2.19. The Balaban J connectivity index is 1.73. The quantitative estimate of drug-likeness (QED) is 0.345. The van der Waals surface area contributed by atoms with Crippen molar-refractivity contribution >= 4 is 23.9 Å². The molecule has 1 aromatic heterocycles. The molecule has 6 nitrogen and oxygen atoms in total. The van der Waals surface area contributed by atoms with Crippen molar-refractivity contribution < 1.29 is 9.53 Å². The molecule has 0 fully saturated rings. The van der Waals surface area contributed by atoms with Gasteiger partial charge in [-0.2, -0.15) is 5.10 Å². The molecule has 0 aliphatic heterocycles. The van der Waals surface area contributed by atoms with Gasteiger partial charge < -0.3 is 4.74 Å². The fourth-order valence-electron chi connectivity index (χ4n) is 1.61. The number of aromatic nitrogens is 2. The average molecular weight is 344 g/mol. The van der Waals surface area contributed by atoms with Gasteiger partial charge in [-0.3, -0.25) is 4.79 Å². The summed E-state index contributed by atoms with van der Waals surface area (Å²) in [4.78, 5) is 19.8. The molecule has 0 aliphatic carbocycles. The van der Waals surface area contributed by atoms with E-state index in [1.54, 1.807) is 24.7 Å². The van der Waals surface area contributed by atoms with Gasteiger partial charge in [-0.25, -0.2) is 15.4 Å². The number of hydrazone groups is 1. The number of benzene rings is 1. The van der Waals surface area contributed by atoms with Crippen molar-refractivity contribution in [3.63, 3.8) is 0 Å². The normalized spacial score (nSPS) is 11.0. The highest BCUT2D eigenvalue weighted by Crippen LogP contribution is 2.12. The first-order valence-corrected chi connectivity index (χ1v) is 8.56. The number of nitrogens with one attached hydrogen (secondary N) is 1. The van der Waals surface area contributed by atoms with Crippen LogP contribution in [0.4, 0.5) is 0 Å². The Morgan fingerprint density at radius 3 is 2.67 bits per heavy atom. The van der Waals surface area contributed by atoms with Crippen molar-refractivity contribution in [3.8, 4) is 5.75 Å². The Labute approximate surface area is 145 Å². The minimum atomic E-state index is -0.208. The standard InChI is InChI=1S/C17H20N4O2S/c1-13(2)11-23-15-6-4-14(5-7-15)10-20-21-16(22)12-24-17-18-8-3-9-19-17/h3-10,13H,11-12H2,1-2H3,(H,21,22)/b20-10-. The first kappa shape index (κ1) is 17.9. The van der Waals surface area contributed by atoms with Crippen LogP contribution in [0.1, 0.15) is 19.4 Å². The summed E-state index contributed by atoms with van der Waals surface area (Å²) in [7, 11) is 0. The Hall–Kier alpha value is -2.41. The molecule has 7 heteroatoms. The van der Waals surface area contributed by atoms with Crippen LogP contribution in [0.25, 0.3) is 0 Å². The van der Waals surface area contributed by atoms with Crippen LogP contribution in [-0.4, -0.2) is 34.4 Å². The summed E-state index contributed by atoms with van der Waals surface area (Å²) in [6.45, 7) is 4.89. The second-order valence-corrected chi connectivity index (χ2v) is 6.33. The van der Waals surface area contributed by atoms with Gasteiger partial charge in [-0.1, -0.05) is 25.6 Å². The van der Waals surface area contributed by atoms with E-state index in [1.165, 1.54) is 11.8 Å². The smallest absolute Gasteiger partial charge is 0.250 e. The van der Waals surface area contributed by atoms with Crippen molar-refractivity contribution in [2.75, 3.05) is 12.4 Å². The Bertz CT molecular complexity index is 660. The van der Waals surface area contributed by atoms with E-state index in [1.807, 2.05) is 24.3 Å². The number of carbonyl (C=O) groups is 1. The number of ether oxygens (including phenoxy) is 1. The maximum atomic E-state index is 11.7. The van der Waals surface area contributed by atoms with Gasteiger partial charge in [0.05, 0.1) is 18.6 Å². The highest BCUT2D eigenvalue weighted by Gasteiger charge is 2.03. The van der Waals surface area contributed by atoms with Crippen LogP contribution in [-0.2, 0) is 4.79 Å². The number of rotatable bonds is 8. The number of hydrogen-bond donors (Lipinski definition) is 1. The first-order chi connectivity index (χ1) is 11.6. The summed E-state index contributed by atoms with van der Waals surface area (Å²) < 4.78 is 5.61. The van der Waals surface area contributed by atoms with E-state index in [0.29, 0.717) is 17.7 Å². The Morgan fingerprint density at radius 1 is 1.29 bits per heavy atom. The van der Waals surface area contributed by atoms with E-state index in [-0.39, 0.29) is 11.7 Å². The second-order valence-electron chi connectivity index (χ2n) is 5.39. The van der Waals surface area contributed by atoms with Gasteiger partial charge in [0.2, 0.25) is 0 Å². The van der Waals surface area contributed by atoms with Crippen LogP contribution < -0.4 is 10.2 Å².